The zero-order valence-corrected chi connectivity index (χ0v) is 21.1. The largest absolute Gasteiger partial charge is 0.487 e. The number of carbonyl (C=O) groups is 2. The molecule has 1 aromatic rings. The van der Waals surface area contributed by atoms with Gasteiger partial charge in [0.15, 0.2) is 0 Å². The van der Waals surface area contributed by atoms with Gasteiger partial charge in [-0.3, -0.25) is 4.79 Å². The Morgan fingerprint density at radius 3 is 2.48 bits per heavy atom. The minimum atomic E-state index is -0.485. The molecule has 0 aliphatic carbocycles. The fraction of sp³-hybridized carbons (Fsp3) is 0.704. The van der Waals surface area contributed by atoms with E-state index in [2.05, 4.69) is 37.4 Å². The SMILES string of the molecule is CCC(CC)C(=O)NCCCC1CC2(CCN(C(=O)OC(C)(C)C)CC2)Oc2ccccc21. The quantitative estimate of drug-likeness (QED) is 0.536. The Hall–Kier alpha value is -2.24. The summed E-state index contributed by atoms with van der Waals surface area (Å²) in [6.45, 7) is 11.8. The van der Waals surface area contributed by atoms with Crippen molar-refractivity contribution in [2.75, 3.05) is 19.6 Å². The summed E-state index contributed by atoms with van der Waals surface area (Å²) in [5.41, 5.74) is 0.543. The summed E-state index contributed by atoms with van der Waals surface area (Å²) in [7, 11) is 0. The molecule has 6 nitrogen and oxygen atoms in total. The van der Waals surface area contributed by atoms with Gasteiger partial charge < -0.3 is 19.7 Å². The molecule has 1 unspecified atom stereocenters. The highest BCUT2D eigenvalue weighted by Gasteiger charge is 2.44. The Kier molecular flexibility index (Phi) is 8.30. The van der Waals surface area contributed by atoms with Gasteiger partial charge in [-0.25, -0.2) is 4.79 Å². The molecule has 3 rings (SSSR count). The maximum Gasteiger partial charge on any atom is 0.410 e. The fourth-order valence-corrected chi connectivity index (χ4v) is 5.10. The summed E-state index contributed by atoms with van der Waals surface area (Å²) in [5.74, 6) is 1.67. The summed E-state index contributed by atoms with van der Waals surface area (Å²) in [6.07, 6.45) is 6.07. The molecule has 2 aliphatic rings. The monoisotopic (exact) mass is 458 g/mol. The molecule has 2 heterocycles. The first-order valence-corrected chi connectivity index (χ1v) is 12.7. The highest BCUT2D eigenvalue weighted by atomic mass is 16.6. The first-order valence-electron chi connectivity index (χ1n) is 12.7. The minimum Gasteiger partial charge on any atom is -0.487 e. The van der Waals surface area contributed by atoms with Crippen molar-refractivity contribution < 1.29 is 19.1 Å². The molecule has 33 heavy (non-hydrogen) atoms. The van der Waals surface area contributed by atoms with E-state index < -0.39 is 5.60 Å². The number of ether oxygens (including phenoxy) is 2. The van der Waals surface area contributed by atoms with Gasteiger partial charge >= 0.3 is 6.09 Å². The maximum atomic E-state index is 12.5. The summed E-state index contributed by atoms with van der Waals surface area (Å²) in [6, 6.07) is 8.34. The van der Waals surface area contributed by atoms with Crippen LogP contribution in [0.5, 0.6) is 5.75 Å². The van der Waals surface area contributed by atoms with Crippen molar-refractivity contribution in [3.8, 4) is 5.75 Å². The predicted molar refractivity (Wildman–Crippen MR) is 131 cm³/mol. The van der Waals surface area contributed by atoms with Crippen LogP contribution in [0.2, 0.25) is 0 Å². The van der Waals surface area contributed by atoms with Gasteiger partial charge in [-0.05, 0) is 70.4 Å². The second-order valence-corrected chi connectivity index (χ2v) is 10.6. The van der Waals surface area contributed by atoms with E-state index in [-0.39, 0.29) is 23.5 Å². The molecular formula is C27H42N2O4. The zero-order chi connectivity index (χ0) is 24.1. The molecular weight excluding hydrogens is 416 g/mol. The highest BCUT2D eigenvalue weighted by Crippen LogP contribution is 2.46. The third-order valence-corrected chi connectivity index (χ3v) is 7.02. The van der Waals surface area contributed by atoms with Gasteiger partial charge in [0.1, 0.15) is 17.0 Å². The lowest BCUT2D eigenvalue weighted by molar-refractivity contribution is -0.125. The van der Waals surface area contributed by atoms with Gasteiger partial charge in [-0.1, -0.05) is 32.0 Å². The number of likely N-dealkylation sites (tertiary alicyclic amines) is 1. The number of benzene rings is 1. The van der Waals surface area contributed by atoms with Crippen molar-refractivity contribution in [1.29, 1.82) is 0 Å². The van der Waals surface area contributed by atoms with Gasteiger partial charge in [0.25, 0.3) is 0 Å². The lowest BCUT2D eigenvalue weighted by atomic mass is 9.76. The third kappa shape index (κ3) is 6.64. The number of rotatable bonds is 7. The topological polar surface area (TPSA) is 67.9 Å². The second-order valence-electron chi connectivity index (χ2n) is 10.6. The summed E-state index contributed by atoms with van der Waals surface area (Å²) in [5, 5.41) is 3.13. The van der Waals surface area contributed by atoms with Crippen LogP contribution in [0.4, 0.5) is 4.79 Å². The molecule has 1 saturated heterocycles. The van der Waals surface area contributed by atoms with Crippen LogP contribution in [0.25, 0.3) is 0 Å². The van der Waals surface area contributed by atoms with Crippen LogP contribution in [0.1, 0.15) is 91.0 Å². The van der Waals surface area contributed by atoms with Crippen LogP contribution in [-0.4, -0.2) is 47.7 Å². The van der Waals surface area contributed by atoms with Crippen molar-refractivity contribution in [2.45, 2.75) is 96.7 Å². The van der Waals surface area contributed by atoms with Crippen LogP contribution in [-0.2, 0) is 9.53 Å². The average molecular weight is 459 g/mol. The molecule has 1 spiro atoms. The van der Waals surface area contributed by atoms with Crippen LogP contribution in [0, 0.1) is 5.92 Å². The van der Waals surface area contributed by atoms with Crippen LogP contribution < -0.4 is 10.1 Å². The number of para-hydroxylation sites is 1. The van der Waals surface area contributed by atoms with E-state index in [0.717, 1.165) is 50.7 Å². The maximum absolute atomic E-state index is 12.5. The van der Waals surface area contributed by atoms with E-state index in [1.807, 2.05) is 31.7 Å². The van der Waals surface area contributed by atoms with Crippen molar-refractivity contribution >= 4 is 12.0 Å². The molecule has 0 aromatic heterocycles. The summed E-state index contributed by atoms with van der Waals surface area (Å²) < 4.78 is 12.1. The van der Waals surface area contributed by atoms with E-state index >= 15 is 0 Å². The van der Waals surface area contributed by atoms with Crippen molar-refractivity contribution in [3.05, 3.63) is 29.8 Å². The molecule has 0 radical (unpaired) electrons. The van der Waals surface area contributed by atoms with Crippen molar-refractivity contribution in [3.63, 3.8) is 0 Å². The van der Waals surface area contributed by atoms with Crippen LogP contribution in [0.15, 0.2) is 24.3 Å². The molecule has 0 bridgehead atoms. The Balaban J connectivity index is 1.59. The summed E-state index contributed by atoms with van der Waals surface area (Å²) in [4.78, 5) is 26.6. The molecule has 1 N–H and O–H groups in total. The van der Waals surface area contributed by atoms with Crippen LogP contribution in [0.3, 0.4) is 0 Å². The Bertz CT molecular complexity index is 805. The molecule has 2 amide bonds. The van der Waals surface area contributed by atoms with Gasteiger partial charge in [0.2, 0.25) is 5.91 Å². The lowest BCUT2D eigenvalue weighted by Crippen LogP contribution is -2.52. The third-order valence-electron chi connectivity index (χ3n) is 7.02. The second kappa shape index (κ2) is 10.8. The first kappa shape index (κ1) is 25.4. The standard InChI is InChI=1S/C27H42N2O4/c1-6-20(7-2)24(30)28-16-10-11-21-19-27(32-23-13-9-8-12-22(21)23)14-17-29(18-15-27)25(31)33-26(3,4)5/h8-9,12-13,20-21H,6-7,10-11,14-19H2,1-5H3,(H,28,30). The van der Waals surface area contributed by atoms with E-state index in [0.29, 0.717) is 25.6 Å². The van der Waals surface area contributed by atoms with Crippen molar-refractivity contribution in [1.82, 2.24) is 10.2 Å². The first-order chi connectivity index (χ1) is 15.7. The van der Waals surface area contributed by atoms with Gasteiger partial charge in [-0.15, -0.1) is 0 Å². The van der Waals surface area contributed by atoms with E-state index in [1.54, 1.807) is 0 Å². The van der Waals surface area contributed by atoms with Gasteiger partial charge in [0.05, 0.1) is 0 Å². The number of hydrogen-bond donors (Lipinski definition) is 1. The lowest BCUT2D eigenvalue weighted by Gasteiger charge is -2.47. The number of hydrogen-bond acceptors (Lipinski definition) is 4. The van der Waals surface area contributed by atoms with E-state index in [4.69, 9.17) is 9.47 Å². The number of carbonyl (C=O) groups excluding carboxylic acids is 2. The van der Waals surface area contributed by atoms with E-state index in [1.165, 1.54) is 5.56 Å². The molecule has 0 saturated carbocycles. The number of piperidine rings is 1. The number of nitrogens with zero attached hydrogens (tertiary/aromatic N) is 1. The Labute approximate surface area is 199 Å². The number of fused-ring (bicyclic) bond motifs is 1. The minimum absolute atomic E-state index is 0.118. The average Bonchev–Trinajstić information content (AvgIpc) is 2.76. The molecule has 2 aliphatic heterocycles. The smallest absolute Gasteiger partial charge is 0.410 e. The fourth-order valence-electron chi connectivity index (χ4n) is 5.10. The number of amides is 2. The normalized spacial score (nSPS) is 19.7. The predicted octanol–water partition coefficient (Wildman–Crippen LogP) is 5.66. The molecule has 1 aromatic carbocycles. The molecule has 6 heteroatoms. The van der Waals surface area contributed by atoms with E-state index in [9.17, 15) is 9.59 Å². The molecule has 184 valence electrons. The summed E-state index contributed by atoms with van der Waals surface area (Å²) >= 11 is 0. The van der Waals surface area contributed by atoms with Gasteiger partial charge in [0, 0.05) is 38.4 Å². The Morgan fingerprint density at radius 1 is 1.18 bits per heavy atom. The Morgan fingerprint density at radius 2 is 1.85 bits per heavy atom. The highest BCUT2D eigenvalue weighted by molar-refractivity contribution is 5.78. The van der Waals surface area contributed by atoms with Crippen LogP contribution >= 0.6 is 0 Å². The number of nitrogens with one attached hydrogen (secondary N) is 1. The molecule has 1 atom stereocenters. The van der Waals surface area contributed by atoms with Crippen molar-refractivity contribution in [2.24, 2.45) is 5.92 Å². The molecule has 1 fully saturated rings. The zero-order valence-electron chi connectivity index (χ0n) is 21.1. The van der Waals surface area contributed by atoms with Gasteiger partial charge in [-0.2, -0.15) is 0 Å².